The lowest BCUT2D eigenvalue weighted by Gasteiger charge is -2.13. The molecule has 0 saturated heterocycles. The normalized spacial score (nSPS) is 14.3. The summed E-state index contributed by atoms with van der Waals surface area (Å²) >= 11 is 0. The number of hydrogen-bond donors (Lipinski definition) is 2. The summed E-state index contributed by atoms with van der Waals surface area (Å²) in [7, 11) is 0. The summed E-state index contributed by atoms with van der Waals surface area (Å²) in [5.74, 6) is -0.280. The van der Waals surface area contributed by atoms with Crippen molar-refractivity contribution in [3.8, 4) is 11.1 Å². The molecule has 174 valence electrons. The van der Waals surface area contributed by atoms with Gasteiger partial charge in [0.25, 0.3) is 11.6 Å². The number of aromatic nitrogens is 2. The van der Waals surface area contributed by atoms with Crippen LogP contribution in [0.4, 0.5) is 11.4 Å². The molecule has 0 bridgehead atoms. The van der Waals surface area contributed by atoms with E-state index < -0.39 is 11.0 Å². The maximum Gasteiger partial charge on any atom is 0.269 e. The van der Waals surface area contributed by atoms with Crippen LogP contribution in [0, 0.1) is 10.1 Å². The molecule has 1 aromatic heterocycles. The summed E-state index contributed by atoms with van der Waals surface area (Å²) in [5, 5.41) is 21.2. The lowest BCUT2D eigenvalue weighted by molar-refractivity contribution is -0.384. The van der Waals surface area contributed by atoms with E-state index in [4.69, 9.17) is 0 Å². The fourth-order valence-electron chi connectivity index (χ4n) is 4.27. The summed E-state index contributed by atoms with van der Waals surface area (Å²) in [5.41, 5.74) is 4.28. The van der Waals surface area contributed by atoms with Crippen LogP contribution in [0.15, 0.2) is 85.2 Å². The molecule has 0 fully saturated rings. The molecule has 9 nitrogen and oxygen atoms in total. The van der Waals surface area contributed by atoms with Crippen LogP contribution in [0.1, 0.15) is 27.5 Å². The van der Waals surface area contributed by atoms with Crippen LogP contribution in [-0.2, 0) is 17.9 Å². The average molecular weight is 467 g/mol. The van der Waals surface area contributed by atoms with E-state index in [0.29, 0.717) is 28.9 Å². The second-order valence-electron chi connectivity index (χ2n) is 8.20. The van der Waals surface area contributed by atoms with Gasteiger partial charge in [-0.15, -0.1) is 0 Å². The highest BCUT2D eigenvalue weighted by Gasteiger charge is 2.28. The van der Waals surface area contributed by atoms with E-state index in [9.17, 15) is 19.7 Å². The number of ketones is 1. The van der Waals surface area contributed by atoms with Crippen LogP contribution in [0.25, 0.3) is 11.1 Å². The Morgan fingerprint density at radius 3 is 2.63 bits per heavy atom. The molecule has 1 amide bonds. The molecule has 2 N–H and O–H groups in total. The van der Waals surface area contributed by atoms with E-state index in [-0.39, 0.29) is 23.9 Å². The van der Waals surface area contributed by atoms with Crippen molar-refractivity contribution in [2.45, 2.75) is 19.1 Å². The van der Waals surface area contributed by atoms with Crippen molar-refractivity contribution in [3.63, 3.8) is 0 Å². The topological polar surface area (TPSA) is 119 Å². The molecule has 9 heteroatoms. The molecule has 35 heavy (non-hydrogen) atoms. The number of nitrogens with zero attached hydrogens (tertiary/aromatic N) is 3. The number of nitrogens with one attached hydrogen (secondary N) is 2. The van der Waals surface area contributed by atoms with Crippen LogP contribution in [0.5, 0.6) is 0 Å². The van der Waals surface area contributed by atoms with E-state index in [2.05, 4.69) is 15.7 Å². The van der Waals surface area contributed by atoms with E-state index in [1.807, 2.05) is 18.2 Å². The van der Waals surface area contributed by atoms with Gasteiger partial charge in [-0.25, -0.2) is 0 Å². The Hall–Kier alpha value is -4.63. The largest absolute Gasteiger partial charge is 0.322 e. The number of hydrogen-bond acceptors (Lipinski definition) is 6. The lowest BCUT2D eigenvalue weighted by atomic mass is 9.98. The number of carbonyl (C=O) groups excluding carboxylic acids is 2. The molecule has 0 radical (unpaired) electrons. The molecule has 0 spiro atoms. The van der Waals surface area contributed by atoms with Crippen molar-refractivity contribution in [3.05, 3.63) is 112 Å². The smallest absolute Gasteiger partial charge is 0.269 e. The Kier molecular flexibility index (Phi) is 5.90. The van der Waals surface area contributed by atoms with Gasteiger partial charge in [-0.1, -0.05) is 24.3 Å². The third kappa shape index (κ3) is 4.57. The fraction of sp³-hybridized carbons (Fsp3) is 0.115. The van der Waals surface area contributed by atoms with Crippen molar-refractivity contribution in [2.24, 2.45) is 0 Å². The number of nitro groups is 1. The third-order valence-corrected chi connectivity index (χ3v) is 5.97. The first-order valence-corrected chi connectivity index (χ1v) is 11.0. The van der Waals surface area contributed by atoms with Gasteiger partial charge in [0.05, 0.1) is 11.0 Å². The SMILES string of the molecule is O=C(Nc1ccc2c(c1)CNC2C(=O)Cn1cccn1)c1ccccc1-c1ccc([N+](=O)[O-])cc1. The maximum atomic E-state index is 13.1. The van der Waals surface area contributed by atoms with Crippen LogP contribution < -0.4 is 10.6 Å². The number of amides is 1. The summed E-state index contributed by atoms with van der Waals surface area (Å²) in [6.45, 7) is 0.704. The van der Waals surface area contributed by atoms with E-state index in [1.54, 1.807) is 59.5 Å². The van der Waals surface area contributed by atoms with Gasteiger partial charge in [-0.2, -0.15) is 5.10 Å². The Bertz CT molecular complexity index is 1410. The molecule has 1 unspecified atom stereocenters. The van der Waals surface area contributed by atoms with Crippen molar-refractivity contribution in [1.82, 2.24) is 15.1 Å². The Morgan fingerprint density at radius 2 is 1.89 bits per heavy atom. The van der Waals surface area contributed by atoms with Crippen molar-refractivity contribution < 1.29 is 14.5 Å². The first kappa shape index (κ1) is 22.2. The van der Waals surface area contributed by atoms with Crippen molar-refractivity contribution >= 4 is 23.1 Å². The number of non-ortho nitro benzene ring substituents is 1. The van der Waals surface area contributed by atoms with Crippen LogP contribution >= 0.6 is 0 Å². The van der Waals surface area contributed by atoms with E-state index >= 15 is 0 Å². The van der Waals surface area contributed by atoms with Gasteiger partial charge in [0.1, 0.15) is 6.54 Å². The van der Waals surface area contributed by atoms with Gasteiger partial charge in [0, 0.05) is 42.3 Å². The third-order valence-electron chi connectivity index (χ3n) is 5.97. The van der Waals surface area contributed by atoms with Crippen molar-refractivity contribution in [1.29, 1.82) is 0 Å². The number of fused-ring (bicyclic) bond motifs is 1. The maximum absolute atomic E-state index is 13.1. The molecule has 5 rings (SSSR count). The predicted octanol–water partition coefficient (Wildman–Crippen LogP) is 4.12. The minimum Gasteiger partial charge on any atom is -0.322 e. The molecular formula is C26H21N5O4. The molecule has 4 aromatic rings. The number of carbonyl (C=O) groups is 2. The quantitative estimate of drug-likeness (QED) is 0.312. The van der Waals surface area contributed by atoms with Crippen molar-refractivity contribution in [2.75, 3.05) is 5.32 Å². The zero-order valence-electron chi connectivity index (χ0n) is 18.5. The van der Waals surface area contributed by atoms with Crippen LogP contribution in [-0.4, -0.2) is 26.4 Å². The van der Waals surface area contributed by atoms with Crippen LogP contribution in [0.2, 0.25) is 0 Å². The number of benzene rings is 3. The molecule has 1 aliphatic heterocycles. The summed E-state index contributed by atoms with van der Waals surface area (Å²) < 4.78 is 1.60. The standard InChI is InChI=1S/C26H21N5O4/c32-24(16-30-13-3-12-28-30)25-22-11-8-19(14-18(22)15-27-25)29-26(33)23-5-2-1-4-21(23)17-6-9-20(10-7-17)31(34)35/h1-14,25,27H,15-16H2,(H,29,33). The summed E-state index contributed by atoms with van der Waals surface area (Å²) in [6, 6.07) is 20.1. The molecule has 0 aliphatic carbocycles. The minimum absolute atomic E-state index is 0.0103. The number of Topliss-reactive ketones (excluding diaryl/α,β-unsaturated/α-hetero) is 1. The number of anilines is 1. The highest BCUT2D eigenvalue weighted by molar-refractivity contribution is 6.08. The number of nitro benzene ring substituents is 1. The Morgan fingerprint density at radius 1 is 1.09 bits per heavy atom. The Balaban J connectivity index is 1.33. The zero-order chi connectivity index (χ0) is 24.4. The molecular weight excluding hydrogens is 446 g/mol. The monoisotopic (exact) mass is 467 g/mol. The molecule has 3 aromatic carbocycles. The molecule has 1 atom stereocenters. The first-order chi connectivity index (χ1) is 17.0. The zero-order valence-corrected chi connectivity index (χ0v) is 18.5. The summed E-state index contributed by atoms with van der Waals surface area (Å²) in [4.78, 5) is 36.4. The van der Waals surface area contributed by atoms with Gasteiger partial charge in [0.2, 0.25) is 0 Å². The molecule has 1 aliphatic rings. The van der Waals surface area contributed by atoms with E-state index in [1.165, 1.54) is 12.1 Å². The number of rotatable bonds is 7. The second-order valence-corrected chi connectivity index (χ2v) is 8.20. The Labute approximate surface area is 200 Å². The van der Waals surface area contributed by atoms with Crippen LogP contribution in [0.3, 0.4) is 0 Å². The first-order valence-electron chi connectivity index (χ1n) is 11.0. The van der Waals surface area contributed by atoms with Gasteiger partial charge >= 0.3 is 0 Å². The van der Waals surface area contributed by atoms with E-state index in [0.717, 1.165) is 11.1 Å². The highest BCUT2D eigenvalue weighted by Crippen LogP contribution is 2.30. The van der Waals surface area contributed by atoms with Gasteiger partial charge in [0.15, 0.2) is 5.78 Å². The molecule has 0 saturated carbocycles. The molecule has 2 heterocycles. The second kappa shape index (κ2) is 9.32. The van der Waals surface area contributed by atoms with Gasteiger partial charge < -0.3 is 5.32 Å². The minimum atomic E-state index is -0.458. The van der Waals surface area contributed by atoms with Gasteiger partial charge in [-0.3, -0.25) is 29.7 Å². The fourth-order valence-corrected chi connectivity index (χ4v) is 4.27. The predicted molar refractivity (Wildman–Crippen MR) is 130 cm³/mol. The highest BCUT2D eigenvalue weighted by atomic mass is 16.6. The van der Waals surface area contributed by atoms with Gasteiger partial charge in [-0.05, 0) is 58.7 Å². The lowest BCUT2D eigenvalue weighted by Crippen LogP contribution is -2.25. The summed E-state index contributed by atoms with van der Waals surface area (Å²) in [6.07, 6.45) is 3.39. The average Bonchev–Trinajstić information content (AvgIpc) is 3.53.